The molecule has 142 valence electrons. The standard InChI is InChI=1S/C17H23BrF2N6/c1-22-14(15-13-6-7-24-16(13)25-10-26(15)21)12-4-2-11(3-5-12)8-23-9-17(18,19)20/h6-7,10-12,23-24H,1-5,8-9,21H2/b15-14-/t11-,12-. The lowest BCUT2D eigenvalue weighted by molar-refractivity contribution is 0.110. The van der Waals surface area contributed by atoms with Gasteiger partial charge in [0.2, 0.25) is 0 Å². The largest absolute Gasteiger partial charge is 0.346 e. The first-order valence-electron chi connectivity index (χ1n) is 8.63. The Morgan fingerprint density at radius 2 is 2.19 bits per heavy atom. The molecule has 0 amide bonds. The molecule has 2 aliphatic rings. The maximum atomic E-state index is 12.8. The summed E-state index contributed by atoms with van der Waals surface area (Å²) in [5.41, 5.74) is 2.62. The van der Waals surface area contributed by atoms with Crippen LogP contribution in [0.3, 0.4) is 0 Å². The summed E-state index contributed by atoms with van der Waals surface area (Å²) in [4.78, 5) is 8.79. The van der Waals surface area contributed by atoms with E-state index in [1.807, 2.05) is 12.3 Å². The van der Waals surface area contributed by atoms with Crippen molar-refractivity contribution in [1.29, 1.82) is 0 Å². The molecule has 0 bridgehead atoms. The van der Waals surface area contributed by atoms with Gasteiger partial charge in [0.25, 0.3) is 0 Å². The van der Waals surface area contributed by atoms with Crippen molar-refractivity contribution in [1.82, 2.24) is 15.3 Å². The van der Waals surface area contributed by atoms with Gasteiger partial charge < -0.3 is 10.3 Å². The normalized spacial score (nSPS) is 25.2. The van der Waals surface area contributed by atoms with E-state index in [1.54, 1.807) is 6.34 Å². The number of hydrazine groups is 1. The highest BCUT2D eigenvalue weighted by molar-refractivity contribution is 9.10. The summed E-state index contributed by atoms with van der Waals surface area (Å²) >= 11 is 2.35. The van der Waals surface area contributed by atoms with E-state index in [-0.39, 0.29) is 12.5 Å². The summed E-state index contributed by atoms with van der Waals surface area (Å²) in [6.45, 7) is 4.00. The minimum atomic E-state index is -2.85. The number of fused-ring (bicyclic) bond motifs is 1. The number of nitrogens with one attached hydrogen (secondary N) is 2. The van der Waals surface area contributed by atoms with Crippen molar-refractivity contribution in [3.63, 3.8) is 0 Å². The molecule has 1 aromatic rings. The van der Waals surface area contributed by atoms with Gasteiger partial charge in [-0.15, -0.1) is 0 Å². The van der Waals surface area contributed by atoms with Crippen molar-refractivity contribution in [3.05, 3.63) is 23.5 Å². The Labute approximate surface area is 159 Å². The molecule has 1 fully saturated rings. The predicted molar refractivity (Wildman–Crippen MR) is 104 cm³/mol. The maximum absolute atomic E-state index is 12.8. The Morgan fingerprint density at radius 1 is 1.46 bits per heavy atom. The van der Waals surface area contributed by atoms with E-state index in [4.69, 9.17) is 5.84 Å². The van der Waals surface area contributed by atoms with Gasteiger partial charge >= 0.3 is 4.83 Å². The number of alkyl halides is 3. The zero-order valence-electron chi connectivity index (χ0n) is 14.4. The minimum absolute atomic E-state index is 0.247. The van der Waals surface area contributed by atoms with Crippen molar-refractivity contribution >= 4 is 40.5 Å². The first-order valence-corrected chi connectivity index (χ1v) is 9.42. The van der Waals surface area contributed by atoms with Crippen LogP contribution in [-0.4, -0.2) is 41.0 Å². The van der Waals surface area contributed by atoms with Crippen LogP contribution in [0.1, 0.15) is 31.2 Å². The van der Waals surface area contributed by atoms with E-state index < -0.39 is 4.83 Å². The van der Waals surface area contributed by atoms with Crippen molar-refractivity contribution in [2.24, 2.45) is 27.7 Å². The fraction of sp³-hybridized carbons (Fsp3) is 0.529. The van der Waals surface area contributed by atoms with Gasteiger partial charge in [-0.25, -0.2) is 10.8 Å². The highest BCUT2D eigenvalue weighted by Gasteiger charge is 2.30. The second-order valence-corrected chi connectivity index (χ2v) is 7.91. The molecule has 1 aliphatic carbocycles. The summed E-state index contributed by atoms with van der Waals surface area (Å²) < 4.78 is 25.7. The number of H-pyrrole nitrogens is 1. The molecular formula is C17H23BrF2N6. The molecule has 0 saturated heterocycles. The van der Waals surface area contributed by atoms with Gasteiger partial charge in [-0.1, -0.05) is 0 Å². The highest BCUT2D eigenvalue weighted by Crippen LogP contribution is 2.40. The fourth-order valence-electron chi connectivity index (χ4n) is 3.70. The number of aliphatic imine (C=N–C) groups is 2. The number of hydrogen-bond acceptors (Lipinski definition) is 5. The molecule has 1 aliphatic heterocycles. The van der Waals surface area contributed by atoms with Gasteiger partial charge in [0.15, 0.2) is 0 Å². The van der Waals surface area contributed by atoms with Crippen LogP contribution >= 0.6 is 15.9 Å². The maximum Gasteiger partial charge on any atom is 0.313 e. The minimum Gasteiger partial charge on any atom is -0.346 e. The zero-order valence-corrected chi connectivity index (χ0v) is 16.0. The Bertz CT molecular complexity index is 700. The molecule has 9 heteroatoms. The average molecular weight is 429 g/mol. The molecule has 6 nitrogen and oxygen atoms in total. The van der Waals surface area contributed by atoms with Crippen LogP contribution in [0.4, 0.5) is 14.6 Å². The molecule has 4 N–H and O–H groups in total. The molecule has 26 heavy (non-hydrogen) atoms. The lowest BCUT2D eigenvalue weighted by Gasteiger charge is -2.32. The number of hydrogen-bond donors (Lipinski definition) is 3. The van der Waals surface area contributed by atoms with E-state index in [0.717, 1.165) is 48.5 Å². The monoisotopic (exact) mass is 428 g/mol. The van der Waals surface area contributed by atoms with Crippen molar-refractivity contribution in [2.45, 2.75) is 30.5 Å². The lowest BCUT2D eigenvalue weighted by Crippen LogP contribution is -2.34. The third-order valence-corrected chi connectivity index (χ3v) is 5.23. The van der Waals surface area contributed by atoms with Gasteiger partial charge in [0.1, 0.15) is 12.2 Å². The smallest absolute Gasteiger partial charge is 0.313 e. The van der Waals surface area contributed by atoms with Crippen LogP contribution in [0.5, 0.6) is 0 Å². The van der Waals surface area contributed by atoms with Gasteiger partial charge in [-0.3, -0.25) is 10.0 Å². The van der Waals surface area contributed by atoms with E-state index in [9.17, 15) is 8.78 Å². The number of allylic oxidation sites excluding steroid dienone is 1. The Balaban J connectivity index is 1.66. The Morgan fingerprint density at radius 3 is 2.85 bits per heavy atom. The molecular weight excluding hydrogens is 406 g/mol. The number of nitrogens with zero attached hydrogens (tertiary/aromatic N) is 3. The van der Waals surface area contributed by atoms with Crippen LogP contribution < -0.4 is 11.2 Å². The molecule has 0 atom stereocenters. The van der Waals surface area contributed by atoms with Crippen LogP contribution in [0, 0.1) is 11.8 Å². The number of nitrogens with two attached hydrogens (primary N) is 1. The molecule has 2 heterocycles. The lowest BCUT2D eigenvalue weighted by atomic mass is 9.79. The van der Waals surface area contributed by atoms with Crippen LogP contribution in [0.25, 0.3) is 5.70 Å². The molecule has 0 aromatic carbocycles. The molecule has 0 spiro atoms. The van der Waals surface area contributed by atoms with Gasteiger partial charge in [-0.2, -0.15) is 8.78 Å². The van der Waals surface area contributed by atoms with E-state index in [2.05, 4.69) is 42.9 Å². The predicted octanol–water partition coefficient (Wildman–Crippen LogP) is 3.62. The van der Waals surface area contributed by atoms with Crippen LogP contribution in [-0.2, 0) is 0 Å². The van der Waals surface area contributed by atoms with Gasteiger partial charge in [-0.05, 0) is 66.9 Å². The third-order valence-electron chi connectivity index (χ3n) is 4.95. The van der Waals surface area contributed by atoms with Crippen molar-refractivity contribution in [3.8, 4) is 0 Å². The molecule has 1 saturated carbocycles. The highest BCUT2D eigenvalue weighted by atomic mass is 79.9. The summed E-state index contributed by atoms with van der Waals surface area (Å²) in [5.74, 6) is 7.51. The molecule has 1 aromatic heterocycles. The quantitative estimate of drug-likeness (QED) is 0.367. The number of aromatic nitrogens is 1. The first-order chi connectivity index (χ1) is 12.4. The number of aromatic amines is 1. The Hall–Kier alpha value is -1.58. The van der Waals surface area contributed by atoms with Gasteiger partial charge in [0, 0.05) is 17.7 Å². The van der Waals surface area contributed by atoms with Crippen molar-refractivity contribution in [2.75, 3.05) is 13.1 Å². The number of rotatable bonds is 6. The average Bonchev–Trinajstić information content (AvgIpc) is 3.06. The summed E-state index contributed by atoms with van der Waals surface area (Å²) in [6, 6.07) is 1.93. The molecule has 0 unspecified atom stereocenters. The summed E-state index contributed by atoms with van der Waals surface area (Å²) in [6.07, 6.45) is 7.16. The topological polar surface area (TPSA) is 81.8 Å². The third kappa shape index (κ3) is 4.39. The van der Waals surface area contributed by atoms with Crippen molar-refractivity contribution < 1.29 is 8.78 Å². The molecule has 0 radical (unpaired) electrons. The SMILES string of the molecule is C=N/C(=C1/c2cc[nH]c2N=CN1N)[C@H]1CC[C@H](CNCC(F)(F)Br)CC1. The zero-order chi connectivity index (χ0) is 18.7. The Kier molecular flexibility index (Phi) is 5.89. The van der Waals surface area contributed by atoms with Crippen LogP contribution in [0.15, 0.2) is 27.9 Å². The van der Waals surface area contributed by atoms with Gasteiger partial charge in [0.05, 0.1) is 17.9 Å². The first kappa shape index (κ1) is 19.2. The van der Waals surface area contributed by atoms with Crippen LogP contribution in [0.2, 0.25) is 0 Å². The summed E-state index contributed by atoms with van der Waals surface area (Å²) in [5, 5.41) is 4.33. The second-order valence-electron chi connectivity index (χ2n) is 6.75. The fourth-order valence-corrected chi connectivity index (χ4v) is 3.90. The van der Waals surface area contributed by atoms with E-state index >= 15 is 0 Å². The van der Waals surface area contributed by atoms with E-state index in [0.29, 0.717) is 12.5 Å². The second kappa shape index (κ2) is 7.98. The van der Waals surface area contributed by atoms with E-state index in [1.165, 1.54) is 5.01 Å². The summed E-state index contributed by atoms with van der Waals surface area (Å²) in [7, 11) is 0. The number of halogens is 3. The molecule has 3 rings (SSSR count).